The molecular weight excluding hydrogens is 257 g/mol. The predicted molar refractivity (Wildman–Crippen MR) is 62.8 cm³/mol. The van der Waals surface area contributed by atoms with Crippen LogP contribution in [0.5, 0.6) is 0 Å². The van der Waals surface area contributed by atoms with Crippen molar-refractivity contribution < 1.29 is 18.0 Å². The van der Waals surface area contributed by atoms with Crippen LogP contribution in [-0.2, 0) is 13.2 Å². The summed E-state index contributed by atoms with van der Waals surface area (Å²) in [5.74, 6) is -0.383. The lowest BCUT2D eigenvalue weighted by Crippen LogP contribution is -2.09. The third-order valence-corrected chi connectivity index (χ3v) is 2.74. The fourth-order valence-corrected chi connectivity index (χ4v) is 1.76. The molecule has 1 heterocycles. The van der Waals surface area contributed by atoms with Gasteiger partial charge in [-0.05, 0) is 24.6 Å². The van der Waals surface area contributed by atoms with Crippen molar-refractivity contribution in [3.63, 3.8) is 0 Å². The minimum absolute atomic E-state index is 0.213. The molecule has 0 spiro atoms. The van der Waals surface area contributed by atoms with E-state index >= 15 is 0 Å². The summed E-state index contributed by atoms with van der Waals surface area (Å²) in [6.07, 6.45) is -1.41. The molecule has 1 aromatic carbocycles. The molecule has 1 aromatic heterocycles. The van der Waals surface area contributed by atoms with Crippen LogP contribution < -0.4 is 0 Å². The van der Waals surface area contributed by atoms with Gasteiger partial charge in [0.25, 0.3) is 0 Å². The molecule has 0 saturated heterocycles. The lowest BCUT2D eigenvalue weighted by atomic mass is 10.00. The highest BCUT2D eigenvalue weighted by atomic mass is 19.4. The first kappa shape index (κ1) is 13.3. The highest BCUT2D eigenvalue weighted by Gasteiger charge is 2.31. The molecule has 2 aromatic rings. The van der Waals surface area contributed by atoms with E-state index in [2.05, 4.69) is 4.98 Å². The zero-order valence-electron chi connectivity index (χ0n) is 10.3. The van der Waals surface area contributed by atoms with Crippen molar-refractivity contribution in [3.05, 3.63) is 53.1 Å². The molecule has 19 heavy (non-hydrogen) atoms. The van der Waals surface area contributed by atoms with E-state index in [4.69, 9.17) is 0 Å². The second-order valence-electron chi connectivity index (χ2n) is 4.28. The van der Waals surface area contributed by atoms with E-state index in [-0.39, 0.29) is 22.6 Å². The summed E-state index contributed by atoms with van der Waals surface area (Å²) in [7, 11) is 1.71. The lowest BCUT2D eigenvalue weighted by molar-refractivity contribution is -0.137. The Bertz CT molecular complexity index is 629. The molecule has 0 atom stereocenters. The van der Waals surface area contributed by atoms with Gasteiger partial charge in [-0.1, -0.05) is 6.07 Å². The smallest absolute Gasteiger partial charge is 0.340 e. The summed E-state index contributed by atoms with van der Waals surface area (Å²) in [6.45, 7) is 1.48. The zero-order chi connectivity index (χ0) is 14.2. The molecule has 0 N–H and O–H groups in total. The third-order valence-electron chi connectivity index (χ3n) is 2.74. The fraction of sp³-hybridized carbons (Fsp3) is 0.231. The molecule has 6 heteroatoms. The Morgan fingerprint density at radius 3 is 2.47 bits per heavy atom. The largest absolute Gasteiger partial charge is 0.416 e. The van der Waals surface area contributed by atoms with Crippen LogP contribution in [0.4, 0.5) is 13.2 Å². The first-order chi connectivity index (χ1) is 8.79. The maximum Gasteiger partial charge on any atom is 0.416 e. The average Bonchev–Trinajstić information content (AvgIpc) is 2.73. The Morgan fingerprint density at radius 1 is 1.32 bits per heavy atom. The quantitative estimate of drug-likeness (QED) is 0.785. The summed E-state index contributed by atoms with van der Waals surface area (Å²) >= 11 is 0. The van der Waals surface area contributed by atoms with Crippen molar-refractivity contribution in [2.75, 3.05) is 0 Å². The van der Waals surface area contributed by atoms with Crippen LogP contribution in [0.25, 0.3) is 0 Å². The predicted octanol–water partition coefficient (Wildman–Crippen LogP) is 2.98. The van der Waals surface area contributed by atoms with Crippen molar-refractivity contribution in [3.8, 4) is 0 Å². The number of hydrogen-bond donors (Lipinski definition) is 0. The number of carbonyl (C=O) groups excluding carboxylic acids is 1. The SMILES string of the molecule is Cc1cc(C(F)(F)F)ccc1C(=O)c1cn(C)cn1. The molecule has 0 radical (unpaired) electrons. The molecule has 0 amide bonds. The van der Waals surface area contributed by atoms with Crippen LogP contribution in [0.15, 0.2) is 30.7 Å². The fourth-order valence-electron chi connectivity index (χ4n) is 1.76. The first-order valence-electron chi connectivity index (χ1n) is 5.49. The van der Waals surface area contributed by atoms with Crippen molar-refractivity contribution >= 4 is 5.78 Å². The van der Waals surface area contributed by atoms with Gasteiger partial charge in [0, 0.05) is 18.8 Å². The number of carbonyl (C=O) groups is 1. The minimum Gasteiger partial charge on any atom is -0.340 e. The van der Waals surface area contributed by atoms with Crippen molar-refractivity contribution in [2.45, 2.75) is 13.1 Å². The molecule has 0 fully saturated rings. The second kappa shape index (κ2) is 4.53. The Hall–Kier alpha value is -2.11. The number of imidazole rings is 1. The van der Waals surface area contributed by atoms with E-state index in [1.54, 1.807) is 11.6 Å². The number of alkyl halides is 3. The highest BCUT2D eigenvalue weighted by Crippen LogP contribution is 2.30. The van der Waals surface area contributed by atoms with Crippen LogP contribution in [0.3, 0.4) is 0 Å². The van der Waals surface area contributed by atoms with E-state index in [1.807, 2.05) is 0 Å². The maximum atomic E-state index is 12.5. The normalized spacial score (nSPS) is 11.6. The summed E-state index contributed by atoms with van der Waals surface area (Å²) in [6, 6.07) is 3.06. The van der Waals surface area contributed by atoms with Gasteiger partial charge < -0.3 is 4.57 Å². The van der Waals surface area contributed by atoms with E-state index in [9.17, 15) is 18.0 Å². The van der Waals surface area contributed by atoms with Gasteiger partial charge in [-0.15, -0.1) is 0 Å². The van der Waals surface area contributed by atoms with Gasteiger partial charge in [-0.25, -0.2) is 4.98 Å². The first-order valence-corrected chi connectivity index (χ1v) is 5.49. The van der Waals surface area contributed by atoms with Gasteiger partial charge in [0.1, 0.15) is 5.69 Å². The number of benzene rings is 1. The summed E-state index contributed by atoms with van der Waals surface area (Å²) in [5, 5.41) is 0. The molecule has 2 rings (SSSR count). The summed E-state index contributed by atoms with van der Waals surface area (Å²) in [5.41, 5.74) is -0.0369. The van der Waals surface area contributed by atoms with Gasteiger partial charge >= 0.3 is 6.18 Å². The van der Waals surface area contributed by atoms with Crippen molar-refractivity contribution in [2.24, 2.45) is 7.05 Å². The van der Waals surface area contributed by atoms with E-state index in [0.717, 1.165) is 12.1 Å². The Balaban J connectivity index is 2.39. The third kappa shape index (κ3) is 2.67. The van der Waals surface area contributed by atoms with Crippen LogP contribution in [0, 0.1) is 6.92 Å². The number of hydrogen-bond acceptors (Lipinski definition) is 2. The number of aryl methyl sites for hydroxylation is 2. The van der Waals surface area contributed by atoms with E-state index in [0.29, 0.717) is 0 Å². The van der Waals surface area contributed by atoms with Gasteiger partial charge in [0.15, 0.2) is 0 Å². The minimum atomic E-state index is -4.41. The van der Waals surface area contributed by atoms with E-state index in [1.165, 1.54) is 25.5 Å². The Kier molecular flexibility index (Phi) is 3.18. The van der Waals surface area contributed by atoms with Crippen LogP contribution in [0.2, 0.25) is 0 Å². The standard InChI is InChI=1S/C13H11F3N2O/c1-8-5-9(13(14,15)16)3-4-10(8)12(19)11-6-18(2)7-17-11/h3-7H,1-2H3. The topological polar surface area (TPSA) is 34.9 Å². The second-order valence-corrected chi connectivity index (χ2v) is 4.28. The molecule has 0 saturated carbocycles. The number of rotatable bonds is 2. The van der Waals surface area contributed by atoms with Crippen LogP contribution in [0.1, 0.15) is 27.2 Å². The maximum absolute atomic E-state index is 12.5. The van der Waals surface area contributed by atoms with Gasteiger partial charge in [0.05, 0.1) is 11.9 Å². The highest BCUT2D eigenvalue weighted by molar-refractivity contribution is 6.08. The average molecular weight is 268 g/mol. The molecule has 0 aliphatic heterocycles. The molecule has 100 valence electrons. The molecule has 0 aliphatic carbocycles. The lowest BCUT2D eigenvalue weighted by Gasteiger charge is -2.09. The van der Waals surface area contributed by atoms with Gasteiger partial charge in [-0.2, -0.15) is 13.2 Å². The Morgan fingerprint density at radius 2 is 2.00 bits per heavy atom. The van der Waals surface area contributed by atoms with Crippen molar-refractivity contribution in [1.29, 1.82) is 0 Å². The number of halogens is 3. The van der Waals surface area contributed by atoms with Crippen LogP contribution >= 0.6 is 0 Å². The zero-order valence-corrected chi connectivity index (χ0v) is 10.3. The number of ketones is 1. The van der Waals surface area contributed by atoms with Gasteiger partial charge in [-0.3, -0.25) is 4.79 Å². The summed E-state index contributed by atoms with van der Waals surface area (Å²) < 4.78 is 39.2. The molecule has 3 nitrogen and oxygen atoms in total. The molecular formula is C13H11F3N2O. The number of nitrogens with zero attached hydrogens (tertiary/aromatic N) is 2. The molecule has 0 bridgehead atoms. The molecule has 0 aliphatic rings. The number of aromatic nitrogens is 2. The van der Waals surface area contributed by atoms with Crippen LogP contribution in [-0.4, -0.2) is 15.3 Å². The molecule has 0 unspecified atom stereocenters. The monoisotopic (exact) mass is 268 g/mol. The van der Waals surface area contributed by atoms with Crippen molar-refractivity contribution in [1.82, 2.24) is 9.55 Å². The summed E-state index contributed by atoms with van der Waals surface area (Å²) in [4.78, 5) is 16.0. The van der Waals surface area contributed by atoms with Gasteiger partial charge in [0.2, 0.25) is 5.78 Å². The van der Waals surface area contributed by atoms with E-state index < -0.39 is 11.7 Å². The Labute approximate surface area is 107 Å².